The number of hydrogen-bond donors (Lipinski definition) is 1. The minimum absolute atomic E-state index is 0.309. The van der Waals surface area contributed by atoms with Crippen LogP contribution in [0.2, 0.25) is 0 Å². The number of halogens is 1. The van der Waals surface area contributed by atoms with Gasteiger partial charge in [-0.15, -0.1) is 0 Å². The first-order chi connectivity index (χ1) is 7.81. The molecule has 1 aromatic carbocycles. The van der Waals surface area contributed by atoms with Gasteiger partial charge in [-0.05, 0) is 34.1 Å². The summed E-state index contributed by atoms with van der Waals surface area (Å²) in [6.07, 6.45) is 2.52. The highest BCUT2D eigenvalue weighted by molar-refractivity contribution is 9.10. The maximum absolute atomic E-state index is 5.81. The Bertz CT molecular complexity index is 438. The van der Waals surface area contributed by atoms with Gasteiger partial charge in [-0.1, -0.05) is 30.3 Å². The summed E-state index contributed by atoms with van der Waals surface area (Å²) in [5, 5.41) is 0. The van der Waals surface area contributed by atoms with Crippen LogP contribution in [-0.2, 0) is 6.42 Å². The fourth-order valence-electron chi connectivity index (χ4n) is 1.76. The van der Waals surface area contributed by atoms with Crippen LogP contribution in [-0.4, -0.2) is 6.54 Å². The zero-order chi connectivity index (χ0) is 11.4. The van der Waals surface area contributed by atoms with Crippen LogP contribution in [0, 0.1) is 0 Å². The third-order valence-electron chi connectivity index (χ3n) is 2.68. The van der Waals surface area contributed by atoms with Gasteiger partial charge in [0, 0.05) is 12.3 Å². The van der Waals surface area contributed by atoms with Gasteiger partial charge in [0.2, 0.25) is 0 Å². The molecule has 1 heterocycles. The quantitative estimate of drug-likeness (QED) is 0.933. The lowest BCUT2D eigenvalue weighted by molar-refractivity contribution is 0.484. The normalized spacial score (nSPS) is 12.6. The lowest BCUT2D eigenvalue weighted by atomic mass is 9.95. The third kappa shape index (κ3) is 2.54. The topological polar surface area (TPSA) is 39.2 Å². The summed E-state index contributed by atoms with van der Waals surface area (Å²) < 4.78 is 6.43. The molecular weight excluding hydrogens is 266 g/mol. The summed E-state index contributed by atoms with van der Waals surface area (Å²) in [6, 6.07) is 12.2. The van der Waals surface area contributed by atoms with Gasteiger partial charge in [-0.2, -0.15) is 0 Å². The fraction of sp³-hybridized carbons (Fsp3) is 0.231. The Hall–Kier alpha value is -1.06. The number of hydrogen-bond acceptors (Lipinski definition) is 2. The smallest absolute Gasteiger partial charge is 0.118 e. The van der Waals surface area contributed by atoms with Gasteiger partial charge in [0.05, 0.1) is 10.7 Å². The van der Waals surface area contributed by atoms with Gasteiger partial charge in [-0.3, -0.25) is 0 Å². The second kappa shape index (κ2) is 5.32. The molecule has 0 amide bonds. The van der Waals surface area contributed by atoms with Gasteiger partial charge >= 0.3 is 0 Å². The predicted molar refractivity (Wildman–Crippen MR) is 68.3 cm³/mol. The molecule has 84 valence electrons. The van der Waals surface area contributed by atoms with Crippen LogP contribution in [0.1, 0.15) is 17.2 Å². The molecule has 1 aromatic heterocycles. The summed E-state index contributed by atoms with van der Waals surface area (Å²) in [4.78, 5) is 0. The number of benzene rings is 1. The Morgan fingerprint density at radius 2 is 1.94 bits per heavy atom. The highest BCUT2D eigenvalue weighted by atomic mass is 79.9. The molecule has 1 atom stereocenters. The zero-order valence-corrected chi connectivity index (χ0v) is 10.5. The van der Waals surface area contributed by atoms with Crippen LogP contribution in [0.5, 0.6) is 0 Å². The average Bonchev–Trinajstić information content (AvgIpc) is 2.73. The molecule has 0 aliphatic rings. The van der Waals surface area contributed by atoms with Crippen LogP contribution in [0.15, 0.2) is 51.6 Å². The second-order valence-electron chi connectivity index (χ2n) is 3.74. The minimum Gasteiger partial charge on any atom is -0.468 e. The minimum atomic E-state index is 0.309. The highest BCUT2D eigenvalue weighted by Crippen LogP contribution is 2.25. The molecular formula is C13H14BrNO. The van der Waals surface area contributed by atoms with Crippen molar-refractivity contribution < 1.29 is 4.42 Å². The van der Waals surface area contributed by atoms with Crippen molar-refractivity contribution in [2.45, 2.75) is 12.3 Å². The predicted octanol–water partition coefficient (Wildman–Crippen LogP) is 3.33. The van der Waals surface area contributed by atoms with E-state index in [1.165, 1.54) is 5.56 Å². The lowest BCUT2D eigenvalue weighted by Crippen LogP contribution is -2.14. The molecule has 0 radical (unpaired) electrons. The van der Waals surface area contributed by atoms with E-state index in [1.54, 1.807) is 6.26 Å². The molecule has 2 rings (SSSR count). The summed E-state index contributed by atoms with van der Waals surface area (Å²) in [5.41, 5.74) is 7.07. The maximum atomic E-state index is 5.81. The number of nitrogens with two attached hydrogens (primary N) is 1. The maximum Gasteiger partial charge on any atom is 0.118 e. The third-order valence-corrected chi connectivity index (χ3v) is 3.38. The Morgan fingerprint density at radius 1 is 1.19 bits per heavy atom. The van der Waals surface area contributed by atoms with E-state index in [0.717, 1.165) is 16.7 Å². The van der Waals surface area contributed by atoms with Crippen molar-refractivity contribution in [2.24, 2.45) is 5.73 Å². The fourth-order valence-corrected chi connectivity index (χ4v) is 2.12. The van der Waals surface area contributed by atoms with E-state index in [0.29, 0.717) is 12.5 Å². The molecule has 3 heteroatoms. The van der Waals surface area contributed by atoms with Gasteiger partial charge in [0.15, 0.2) is 0 Å². The highest BCUT2D eigenvalue weighted by Gasteiger charge is 2.14. The van der Waals surface area contributed by atoms with Gasteiger partial charge < -0.3 is 10.2 Å². The molecule has 0 bridgehead atoms. The Labute approximate surface area is 104 Å². The van der Waals surface area contributed by atoms with Gasteiger partial charge in [0.1, 0.15) is 5.76 Å². The largest absolute Gasteiger partial charge is 0.468 e. The lowest BCUT2D eigenvalue weighted by Gasteiger charge is -2.13. The van der Waals surface area contributed by atoms with Crippen molar-refractivity contribution in [1.29, 1.82) is 0 Å². The van der Waals surface area contributed by atoms with Crippen LogP contribution in [0.25, 0.3) is 0 Å². The Kier molecular flexibility index (Phi) is 3.80. The molecule has 2 aromatic rings. The van der Waals surface area contributed by atoms with Crippen molar-refractivity contribution in [2.75, 3.05) is 6.54 Å². The zero-order valence-electron chi connectivity index (χ0n) is 8.90. The summed E-state index contributed by atoms with van der Waals surface area (Å²) >= 11 is 3.46. The molecule has 0 spiro atoms. The molecule has 2 nitrogen and oxygen atoms in total. The second-order valence-corrected chi connectivity index (χ2v) is 4.59. The summed E-state index contributed by atoms with van der Waals surface area (Å²) in [6.45, 7) is 0.622. The van der Waals surface area contributed by atoms with Crippen LogP contribution in [0.4, 0.5) is 0 Å². The van der Waals surface area contributed by atoms with E-state index in [1.807, 2.05) is 24.3 Å². The van der Waals surface area contributed by atoms with E-state index >= 15 is 0 Å². The monoisotopic (exact) mass is 279 g/mol. The summed E-state index contributed by atoms with van der Waals surface area (Å²) in [7, 11) is 0. The Morgan fingerprint density at radius 3 is 2.50 bits per heavy atom. The van der Waals surface area contributed by atoms with Crippen molar-refractivity contribution in [3.63, 3.8) is 0 Å². The molecule has 0 fully saturated rings. The number of rotatable bonds is 4. The van der Waals surface area contributed by atoms with Crippen LogP contribution in [0.3, 0.4) is 0 Å². The SMILES string of the molecule is NCC(Cc1occc1Br)c1ccccc1. The van der Waals surface area contributed by atoms with Gasteiger partial charge in [0.25, 0.3) is 0 Å². The molecule has 0 aliphatic carbocycles. The first kappa shape index (κ1) is 11.4. The van der Waals surface area contributed by atoms with E-state index in [4.69, 9.17) is 10.2 Å². The first-order valence-corrected chi connectivity index (χ1v) is 6.07. The van der Waals surface area contributed by atoms with Gasteiger partial charge in [-0.25, -0.2) is 0 Å². The summed E-state index contributed by atoms with van der Waals surface area (Å²) in [5.74, 6) is 1.27. The van der Waals surface area contributed by atoms with Crippen molar-refractivity contribution in [3.8, 4) is 0 Å². The first-order valence-electron chi connectivity index (χ1n) is 5.28. The Balaban J connectivity index is 2.16. The van der Waals surface area contributed by atoms with Crippen LogP contribution < -0.4 is 5.73 Å². The standard InChI is InChI=1S/C13H14BrNO/c14-12-6-7-16-13(12)8-11(9-15)10-4-2-1-3-5-10/h1-7,11H,8-9,15H2. The van der Waals surface area contributed by atoms with Crippen LogP contribution >= 0.6 is 15.9 Å². The molecule has 0 aliphatic heterocycles. The van der Waals surface area contributed by atoms with E-state index in [-0.39, 0.29) is 0 Å². The van der Waals surface area contributed by atoms with Crippen molar-refractivity contribution in [1.82, 2.24) is 0 Å². The van der Waals surface area contributed by atoms with E-state index in [9.17, 15) is 0 Å². The van der Waals surface area contributed by atoms with E-state index < -0.39 is 0 Å². The number of furan rings is 1. The van der Waals surface area contributed by atoms with Crippen molar-refractivity contribution in [3.05, 3.63) is 58.5 Å². The average molecular weight is 280 g/mol. The molecule has 1 unspecified atom stereocenters. The molecule has 0 saturated heterocycles. The van der Waals surface area contributed by atoms with E-state index in [2.05, 4.69) is 28.1 Å². The molecule has 16 heavy (non-hydrogen) atoms. The molecule has 0 saturated carbocycles. The molecule has 2 N–H and O–H groups in total. The van der Waals surface area contributed by atoms with Crippen molar-refractivity contribution >= 4 is 15.9 Å².